The number of aromatic nitrogens is 1. The first-order valence-electron chi connectivity index (χ1n) is 6.76. The lowest BCUT2D eigenvalue weighted by atomic mass is 10.1. The van der Waals surface area contributed by atoms with E-state index in [0.29, 0.717) is 5.92 Å². The summed E-state index contributed by atoms with van der Waals surface area (Å²) in [7, 11) is 1.49. The molecule has 0 radical (unpaired) electrons. The topological polar surface area (TPSA) is 45.7 Å². The zero-order valence-electron chi connectivity index (χ0n) is 11.1. The van der Waals surface area contributed by atoms with E-state index in [1.54, 1.807) is 11.3 Å². The summed E-state index contributed by atoms with van der Waals surface area (Å²) in [5, 5.41) is 3.09. The molecule has 0 bridgehead atoms. The zero-order valence-corrected chi connectivity index (χ0v) is 11.9. The Bertz CT molecular complexity index is 425. The summed E-state index contributed by atoms with van der Waals surface area (Å²) in [4.78, 5) is 20.8. The number of ether oxygens (including phenoxy) is 1. The van der Waals surface area contributed by atoms with Gasteiger partial charge in [0.2, 0.25) is 0 Å². The Morgan fingerprint density at radius 3 is 2.68 bits per heavy atom. The van der Waals surface area contributed by atoms with E-state index in [0.717, 1.165) is 44.2 Å². The van der Waals surface area contributed by atoms with Crippen LogP contribution in [0.25, 0.3) is 0 Å². The van der Waals surface area contributed by atoms with Gasteiger partial charge in [-0.1, -0.05) is 0 Å². The molecule has 1 aliphatic carbocycles. The van der Waals surface area contributed by atoms with Crippen molar-refractivity contribution in [1.29, 1.82) is 0 Å². The van der Waals surface area contributed by atoms with Gasteiger partial charge in [-0.25, -0.2) is 4.98 Å². The molecule has 1 aromatic rings. The van der Waals surface area contributed by atoms with Gasteiger partial charge in [0.05, 0.1) is 7.11 Å². The van der Waals surface area contributed by atoms with Gasteiger partial charge in [-0.05, 0) is 18.8 Å². The molecule has 1 saturated carbocycles. The average Bonchev–Trinajstić information content (AvgIpc) is 3.12. The molecule has 104 valence electrons. The van der Waals surface area contributed by atoms with Gasteiger partial charge in [0.25, 0.3) is 0 Å². The molecular formula is C13H19N3O2S. The van der Waals surface area contributed by atoms with Crippen molar-refractivity contribution in [2.75, 3.05) is 38.2 Å². The molecule has 1 aliphatic heterocycles. The van der Waals surface area contributed by atoms with Crippen molar-refractivity contribution in [3.8, 4) is 0 Å². The van der Waals surface area contributed by atoms with E-state index in [9.17, 15) is 4.79 Å². The first-order chi connectivity index (χ1) is 9.29. The first-order valence-corrected chi connectivity index (χ1v) is 7.64. The van der Waals surface area contributed by atoms with Crippen molar-refractivity contribution < 1.29 is 9.53 Å². The normalized spacial score (nSPS) is 22.3. The Kier molecular flexibility index (Phi) is 3.70. The highest BCUT2D eigenvalue weighted by Crippen LogP contribution is 2.36. The first kappa shape index (κ1) is 12.9. The Balaban J connectivity index is 1.61. The molecular weight excluding hydrogens is 262 g/mol. The fourth-order valence-electron chi connectivity index (χ4n) is 2.74. The van der Waals surface area contributed by atoms with Gasteiger partial charge in [-0.2, -0.15) is 0 Å². The summed E-state index contributed by atoms with van der Waals surface area (Å²) in [6.45, 7) is 3.70. The van der Waals surface area contributed by atoms with E-state index in [-0.39, 0.29) is 12.0 Å². The molecule has 6 heteroatoms. The van der Waals surface area contributed by atoms with E-state index < -0.39 is 0 Å². The fraction of sp³-hybridized carbons (Fsp3) is 0.692. The molecule has 0 spiro atoms. The lowest BCUT2D eigenvalue weighted by molar-refractivity contribution is -0.148. The van der Waals surface area contributed by atoms with E-state index in [1.807, 2.05) is 11.6 Å². The van der Waals surface area contributed by atoms with Crippen molar-refractivity contribution >= 4 is 22.4 Å². The largest absolute Gasteiger partial charge is 0.468 e. The quantitative estimate of drug-likeness (QED) is 0.777. The second-order valence-electron chi connectivity index (χ2n) is 5.14. The van der Waals surface area contributed by atoms with Crippen LogP contribution in [0.2, 0.25) is 0 Å². The van der Waals surface area contributed by atoms with Crippen LogP contribution >= 0.6 is 11.3 Å². The number of thiazole rings is 1. The van der Waals surface area contributed by atoms with E-state index >= 15 is 0 Å². The number of carbonyl (C=O) groups is 1. The molecule has 19 heavy (non-hydrogen) atoms. The predicted molar refractivity (Wildman–Crippen MR) is 74.4 cm³/mol. The number of hydrogen-bond donors (Lipinski definition) is 0. The monoisotopic (exact) mass is 281 g/mol. The van der Waals surface area contributed by atoms with Crippen LogP contribution in [0.1, 0.15) is 12.8 Å². The van der Waals surface area contributed by atoms with Crippen molar-refractivity contribution in [3.63, 3.8) is 0 Å². The standard InChI is InChI=1S/C13H19N3O2S/c1-18-12(17)11(10-2-3-10)15-5-7-16(8-6-15)13-14-4-9-19-13/h4,9-11H,2-3,5-8H2,1H3. The van der Waals surface area contributed by atoms with Crippen molar-refractivity contribution in [1.82, 2.24) is 9.88 Å². The summed E-state index contributed by atoms with van der Waals surface area (Å²) in [5.41, 5.74) is 0. The SMILES string of the molecule is COC(=O)C(C1CC1)N1CCN(c2nccs2)CC1. The van der Waals surface area contributed by atoms with Crippen LogP contribution in [0, 0.1) is 5.92 Å². The molecule has 0 aromatic carbocycles. The lowest BCUT2D eigenvalue weighted by Crippen LogP contribution is -2.53. The number of methoxy groups -OCH3 is 1. The summed E-state index contributed by atoms with van der Waals surface area (Å²) in [5.74, 6) is 0.448. The molecule has 2 fully saturated rings. The fourth-order valence-corrected chi connectivity index (χ4v) is 3.43. The van der Waals surface area contributed by atoms with Gasteiger partial charge < -0.3 is 9.64 Å². The highest BCUT2D eigenvalue weighted by Gasteiger charge is 2.41. The van der Waals surface area contributed by atoms with Gasteiger partial charge in [0.1, 0.15) is 6.04 Å². The molecule has 1 aromatic heterocycles. The minimum Gasteiger partial charge on any atom is -0.468 e. The highest BCUT2D eigenvalue weighted by atomic mass is 32.1. The number of piperazine rings is 1. The molecule has 1 saturated heterocycles. The van der Waals surface area contributed by atoms with Crippen molar-refractivity contribution in [2.24, 2.45) is 5.92 Å². The number of rotatable bonds is 4. The second-order valence-corrected chi connectivity index (χ2v) is 6.02. The average molecular weight is 281 g/mol. The number of anilines is 1. The van der Waals surface area contributed by atoms with Gasteiger partial charge in [0, 0.05) is 37.8 Å². The van der Waals surface area contributed by atoms with Crippen LogP contribution in [0.5, 0.6) is 0 Å². The van der Waals surface area contributed by atoms with Crippen LogP contribution in [0.4, 0.5) is 5.13 Å². The third kappa shape index (κ3) is 2.74. The maximum absolute atomic E-state index is 11.9. The summed E-state index contributed by atoms with van der Waals surface area (Å²) >= 11 is 1.67. The zero-order chi connectivity index (χ0) is 13.2. The lowest BCUT2D eigenvalue weighted by Gasteiger charge is -2.38. The van der Waals surface area contributed by atoms with E-state index in [4.69, 9.17) is 4.74 Å². The Labute approximate surface area is 117 Å². The Morgan fingerprint density at radius 1 is 1.42 bits per heavy atom. The number of esters is 1. The maximum Gasteiger partial charge on any atom is 0.323 e. The number of nitrogens with zero attached hydrogens (tertiary/aromatic N) is 3. The third-order valence-electron chi connectivity index (χ3n) is 3.91. The number of hydrogen-bond acceptors (Lipinski definition) is 6. The van der Waals surface area contributed by atoms with Crippen molar-refractivity contribution in [3.05, 3.63) is 11.6 Å². The number of carbonyl (C=O) groups excluding carboxylic acids is 1. The molecule has 0 N–H and O–H groups in total. The Morgan fingerprint density at radius 2 is 2.16 bits per heavy atom. The second kappa shape index (κ2) is 5.46. The molecule has 2 aliphatic rings. The van der Waals surface area contributed by atoms with Crippen LogP contribution in [0.3, 0.4) is 0 Å². The third-order valence-corrected chi connectivity index (χ3v) is 4.74. The predicted octanol–water partition coefficient (Wildman–Crippen LogP) is 1.22. The molecule has 1 atom stereocenters. The Hall–Kier alpha value is -1.14. The van der Waals surface area contributed by atoms with Gasteiger partial charge in [-0.15, -0.1) is 11.3 Å². The van der Waals surface area contributed by atoms with Crippen LogP contribution in [-0.4, -0.2) is 55.2 Å². The van der Waals surface area contributed by atoms with Gasteiger partial charge in [0.15, 0.2) is 5.13 Å². The molecule has 0 amide bonds. The minimum atomic E-state index is -0.0646. The summed E-state index contributed by atoms with van der Waals surface area (Å²) in [6, 6.07) is -0.0246. The molecule has 2 heterocycles. The molecule has 5 nitrogen and oxygen atoms in total. The van der Waals surface area contributed by atoms with Gasteiger partial charge in [-0.3, -0.25) is 9.69 Å². The summed E-state index contributed by atoms with van der Waals surface area (Å²) < 4.78 is 4.96. The van der Waals surface area contributed by atoms with Crippen LogP contribution in [-0.2, 0) is 9.53 Å². The van der Waals surface area contributed by atoms with Gasteiger partial charge >= 0.3 is 5.97 Å². The van der Waals surface area contributed by atoms with Crippen LogP contribution in [0.15, 0.2) is 11.6 Å². The molecule has 3 rings (SSSR count). The minimum absolute atomic E-state index is 0.0246. The maximum atomic E-state index is 11.9. The molecule has 1 unspecified atom stereocenters. The highest BCUT2D eigenvalue weighted by molar-refractivity contribution is 7.13. The summed E-state index contributed by atoms with van der Waals surface area (Å²) in [6.07, 6.45) is 4.16. The van der Waals surface area contributed by atoms with E-state index in [1.165, 1.54) is 7.11 Å². The van der Waals surface area contributed by atoms with Crippen molar-refractivity contribution in [2.45, 2.75) is 18.9 Å². The van der Waals surface area contributed by atoms with E-state index in [2.05, 4.69) is 14.8 Å². The smallest absolute Gasteiger partial charge is 0.323 e. The van der Waals surface area contributed by atoms with Crippen LogP contribution < -0.4 is 4.90 Å².